The number of ether oxygens (including phenoxy) is 1. The molecule has 0 saturated carbocycles. The third-order valence-electron chi connectivity index (χ3n) is 5.39. The van der Waals surface area contributed by atoms with Gasteiger partial charge in [0, 0.05) is 43.7 Å². The van der Waals surface area contributed by atoms with Crippen molar-refractivity contribution in [1.29, 1.82) is 0 Å². The van der Waals surface area contributed by atoms with Gasteiger partial charge in [-0.05, 0) is 12.8 Å². The molecule has 3 aromatic rings. The van der Waals surface area contributed by atoms with Crippen LogP contribution in [-0.2, 0) is 17.7 Å². The summed E-state index contributed by atoms with van der Waals surface area (Å²) in [6.07, 6.45) is 2.53. The second kappa shape index (κ2) is 7.24. The number of aromatic nitrogens is 2. The number of oxazole rings is 1. The Morgan fingerprint density at radius 1 is 1.14 bits per heavy atom. The summed E-state index contributed by atoms with van der Waals surface area (Å²) in [4.78, 5) is 19.3. The van der Waals surface area contributed by atoms with Crippen molar-refractivity contribution in [2.75, 3.05) is 19.8 Å². The molecular formula is C21H21N3O4. The molecule has 28 heavy (non-hydrogen) atoms. The molecule has 2 aromatic heterocycles. The van der Waals surface area contributed by atoms with Gasteiger partial charge in [0.2, 0.25) is 0 Å². The molecule has 0 N–H and O–H groups in total. The minimum absolute atomic E-state index is 0.146. The van der Waals surface area contributed by atoms with E-state index in [9.17, 15) is 4.79 Å². The predicted octanol–water partition coefficient (Wildman–Crippen LogP) is 3.42. The van der Waals surface area contributed by atoms with Crippen LogP contribution < -0.4 is 0 Å². The van der Waals surface area contributed by atoms with E-state index in [0.29, 0.717) is 36.9 Å². The van der Waals surface area contributed by atoms with Crippen LogP contribution in [0.3, 0.4) is 0 Å². The van der Waals surface area contributed by atoms with Crippen LogP contribution in [0.15, 0.2) is 45.3 Å². The lowest BCUT2D eigenvalue weighted by molar-refractivity contribution is 0.0715. The maximum absolute atomic E-state index is 12.9. The lowest BCUT2D eigenvalue weighted by atomic mass is 10.0. The first kappa shape index (κ1) is 17.2. The number of fused-ring (bicyclic) bond motifs is 1. The predicted molar refractivity (Wildman–Crippen MR) is 99.7 cm³/mol. The monoisotopic (exact) mass is 379 g/mol. The molecule has 0 aliphatic carbocycles. The van der Waals surface area contributed by atoms with E-state index in [0.717, 1.165) is 49.0 Å². The fourth-order valence-electron chi connectivity index (χ4n) is 3.79. The highest BCUT2D eigenvalue weighted by atomic mass is 16.5. The van der Waals surface area contributed by atoms with Crippen molar-refractivity contribution in [1.82, 2.24) is 15.0 Å². The molecular weight excluding hydrogens is 358 g/mol. The molecule has 1 saturated heterocycles. The average Bonchev–Trinajstić information content (AvgIpc) is 3.41. The van der Waals surface area contributed by atoms with Gasteiger partial charge in [0.25, 0.3) is 5.91 Å². The van der Waals surface area contributed by atoms with E-state index in [4.69, 9.17) is 18.7 Å². The highest BCUT2D eigenvalue weighted by Gasteiger charge is 2.30. The summed E-state index contributed by atoms with van der Waals surface area (Å²) < 4.78 is 16.8. The summed E-state index contributed by atoms with van der Waals surface area (Å²) >= 11 is 0. The quantitative estimate of drug-likeness (QED) is 0.694. The second-order valence-corrected chi connectivity index (χ2v) is 7.23. The normalized spacial score (nSPS) is 17.5. The Labute approximate surface area is 162 Å². The van der Waals surface area contributed by atoms with Gasteiger partial charge in [-0.15, -0.1) is 0 Å². The van der Waals surface area contributed by atoms with Crippen molar-refractivity contribution in [2.45, 2.75) is 31.7 Å². The largest absolute Gasteiger partial charge is 0.445 e. The van der Waals surface area contributed by atoms with Gasteiger partial charge in [0.15, 0.2) is 17.3 Å². The second-order valence-electron chi connectivity index (χ2n) is 7.23. The zero-order valence-electron chi connectivity index (χ0n) is 15.5. The first-order valence-corrected chi connectivity index (χ1v) is 9.65. The molecule has 1 amide bonds. The number of hydrogen-bond acceptors (Lipinski definition) is 6. The molecule has 0 radical (unpaired) electrons. The lowest BCUT2D eigenvalue weighted by Gasteiger charge is -2.24. The van der Waals surface area contributed by atoms with Gasteiger partial charge in [0.05, 0.1) is 6.54 Å². The fourth-order valence-corrected chi connectivity index (χ4v) is 3.79. The van der Waals surface area contributed by atoms with Gasteiger partial charge < -0.3 is 18.6 Å². The van der Waals surface area contributed by atoms with Crippen LogP contribution >= 0.6 is 0 Å². The van der Waals surface area contributed by atoms with E-state index < -0.39 is 0 Å². The fraction of sp³-hybridized carbons (Fsp3) is 0.381. The number of benzene rings is 1. The summed E-state index contributed by atoms with van der Waals surface area (Å²) in [5.74, 6) is 2.44. The number of carbonyl (C=O) groups excluding carboxylic acids is 1. The maximum atomic E-state index is 12.9. The topological polar surface area (TPSA) is 81.6 Å². The van der Waals surface area contributed by atoms with Crippen molar-refractivity contribution < 1.29 is 18.5 Å². The van der Waals surface area contributed by atoms with E-state index >= 15 is 0 Å². The summed E-state index contributed by atoms with van der Waals surface area (Å²) in [6, 6.07) is 11.3. The van der Waals surface area contributed by atoms with Crippen molar-refractivity contribution >= 4 is 5.91 Å². The van der Waals surface area contributed by atoms with E-state index in [1.54, 1.807) is 11.0 Å². The smallest absolute Gasteiger partial charge is 0.276 e. The zero-order valence-corrected chi connectivity index (χ0v) is 15.5. The van der Waals surface area contributed by atoms with Crippen LogP contribution in [-0.4, -0.2) is 40.7 Å². The Hall–Kier alpha value is -2.93. The number of nitrogens with zero attached hydrogens (tertiary/aromatic N) is 3. The summed E-state index contributed by atoms with van der Waals surface area (Å²) in [7, 11) is 0. The molecule has 0 unspecified atom stereocenters. The SMILES string of the molecule is O=C(c1cc(-c2ccccc2)on1)N1CCc2oc(C3CCOCC3)nc2C1. The Balaban J connectivity index is 1.31. The van der Waals surface area contributed by atoms with E-state index in [1.165, 1.54) is 0 Å². The van der Waals surface area contributed by atoms with Crippen LogP contribution in [0.5, 0.6) is 0 Å². The number of rotatable bonds is 3. The molecule has 2 aliphatic heterocycles. The van der Waals surface area contributed by atoms with Crippen LogP contribution in [0, 0.1) is 0 Å². The molecule has 5 rings (SSSR count). The third kappa shape index (κ3) is 3.22. The van der Waals surface area contributed by atoms with Crippen molar-refractivity contribution in [2.24, 2.45) is 0 Å². The molecule has 0 spiro atoms. The Morgan fingerprint density at radius 3 is 2.79 bits per heavy atom. The molecule has 144 valence electrons. The van der Waals surface area contributed by atoms with Gasteiger partial charge in [-0.25, -0.2) is 4.98 Å². The molecule has 0 bridgehead atoms. The molecule has 0 atom stereocenters. The molecule has 1 fully saturated rings. The summed E-state index contributed by atoms with van der Waals surface area (Å²) in [5.41, 5.74) is 2.07. The third-order valence-corrected chi connectivity index (χ3v) is 5.39. The van der Waals surface area contributed by atoms with Gasteiger partial charge >= 0.3 is 0 Å². The van der Waals surface area contributed by atoms with E-state index in [2.05, 4.69) is 5.16 Å². The lowest BCUT2D eigenvalue weighted by Crippen LogP contribution is -2.36. The highest BCUT2D eigenvalue weighted by Crippen LogP contribution is 2.30. The molecule has 2 aliphatic rings. The number of amides is 1. The van der Waals surface area contributed by atoms with Gasteiger partial charge in [-0.2, -0.15) is 0 Å². The molecule has 4 heterocycles. The molecule has 7 heteroatoms. The summed E-state index contributed by atoms with van der Waals surface area (Å²) in [5, 5.41) is 3.98. The first-order valence-electron chi connectivity index (χ1n) is 9.65. The van der Waals surface area contributed by atoms with Crippen molar-refractivity contribution in [3.63, 3.8) is 0 Å². The van der Waals surface area contributed by atoms with Crippen molar-refractivity contribution in [3.8, 4) is 11.3 Å². The Morgan fingerprint density at radius 2 is 1.96 bits per heavy atom. The highest BCUT2D eigenvalue weighted by molar-refractivity contribution is 5.93. The van der Waals surface area contributed by atoms with Crippen molar-refractivity contribution in [3.05, 3.63) is 59.4 Å². The van der Waals surface area contributed by atoms with Gasteiger partial charge in [-0.1, -0.05) is 35.5 Å². The van der Waals surface area contributed by atoms with Crippen LogP contribution in [0.25, 0.3) is 11.3 Å². The van der Waals surface area contributed by atoms with Crippen LogP contribution in [0.2, 0.25) is 0 Å². The Kier molecular flexibility index (Phi) is 4.44. The van der Waals surface area contributed by atoms with Crippen LogP contribution in [0.1, 0.15) is 46.6 Å². The van der Waals surface area contributed by atoms with Gasteiger partial charge in [0.1, 0.15) is 11.5 Å². The average molecular weight is 379 g/mol. The zero-order chi connectivity index (χ0) is 18.9. The number of carbonyl (C=O) groups is 1. The summed E-state index contributed by atoms with van der Waals surface area (Å²) in [6.45, 7) is 2.52. The molecule has 1 aromatic carbocycles. The van der Waals surface area contributed by atoms with Gasteiger partial charge in [-0.3, -0.25) is 4.79 Å². The van der Waals surface area contributed by atoms with Crippen LogP contribution in [0.4, 0.5) is 0 Å². The number of hydrogen-bond donors (Lipinski definition) is 0. The first-order chi connectivity index (χ1) is 13.8. The van der Waals surface area contributed by atoms with E-state index in [-0.39, 0.29) is 5.91 Å². The van der Waals surface area contributed by atoms with E-state index in [1.807, 2.05) is 30.3 Å². The Bertz CT molecular complexity index is 973. The maximum Gasteiger partial charge on any atom is 0.276 e. The minimum Gasteiger partial charge on any atom is -0.445 e. The minimum atomic E-state index is -0.146. The molecule has 7 nitrogen and oxygen atoms in total. The standard InChI is InChI=1S/C21H21N3O4/c25-21(16-12-19(28-23-16)14-4-2-1-3-5-14)24-9-6-18-17(13-24)22-20(27-18)15-7-10-26-11-8-15/h1-5,12,15H,6-11,13H2.